The lowest BCUT2D eigenvalue weighted by Crippen LogP contribution is -2.30. The van der Waals surface area contributed by atoms with Gasteiger partial charge in [0.25, 0.3) is 5.56 Å². The van der Waals surface area contributed by atoms with Crippen LogP contribution in [0, 0.1) is 0 Å². The van der Waals surface area contributed by atoms with Crippen LogP contribution in [0.3, 0.4) is 0 Å². The number of fused-ring (bicyclic) bond motifs is 1. The number of amides is 1. The number of ether oxygens (including phenoxy) is 1. The summed E-state index contributed by atoms with van der Waals surface area (Å²) in [4.78, 5) is 24.5. The molecular weight excluding hydrogens is 365 g/mol. The zero-order chi connectivity index (χ0) is 19.4. The Balaban J connectivity index is 1.75. The number of nitrogens with one attached hydrogen (secondary N) is 1. The first-order chi connectivity index (χ1) is 12.8. The summed E-state index contributed by atoms with van der Waals surface area (Å²) < 4.78 is 42.6. The summed E-state index contributed by atoms with van der Waals surface area (Å²) in [5, 5.41) is 10.3. The van der Waals surface area contributed by atoms with Crippen molar-refractivity contribution in [2.45, 2.75) is 12.7 Å². The number of carbonyl (C=O) groups is 1. The fourth-order valence-electron chi connectivity index (χ4n) is 2.31. The minimum absolute atomic E-state index is 0.0496. The van der Waals surface area contributed by atoms with Crippen molar-refractivity contribution < 1.29 is 22.7 Å². The van der Waals surface area contributed by atoms with E-state index in [9.17, 15) is 22.8 Å². The Hall–Kier alpha value is -3.43. The molecule has 2 aromatic carbocycles. The molecule has 140 valence electrons. The van der Waals surface area contributed by atoms with E-state index < -0.39 is 30.8 Å². The first-order valence-corrected chi connectivity index (χ1v) is 7.74. The summed E-state index contributed by atoms with van der Waals surface area (Å²) in [7, 11) is 0. The van der Waals surface area contributed by atoms with Crippen molar-refractivity contribution in [2.24, 2.45) is 0 Å². The largest absolute Gasteiger partial charge is 0.482 e. The van der Waals surface area contributed by atoms with Gasteiger partial charge in [-0.2, -0.15) is 13.2 Å². The van der Waals surface area contributed by atoms with E-state index >= 15 is 0 Å². The first kappa shape index (κ1) is 18.4. The zero-order valence-electron chi connectivity index (χ0n) is 13.7. The Bertz CT molecular complexity index is 1030. The van der Waals surface area contributed by atoms with Crippen LogP contribution in [0.1, 0.15) is 0 Å². The van der Waals surface area contributed by atoms with E-state index in [4.69, 9.17) is 4.74 Å². The van der Waals surface area contributed by atoms with Crippen molar-refractivity contribution in [3.63, 3.8) is 0 Å². The quantitative estimate of drug-likeness (QED) is 0.737. The highest BCUT2D eigenvalue weighted by Gasteiger charge is 2.28. The van der Waals surface area contributed by atoms with Crippen LogP contribution in [-0.2, 0) is 11.3 Å². The van der Waals surface area contributed by atoms with Gasteiger partial charge in [0.05, 0.1) is 11.1 Å². The lowest BCUT2D eigenvalue weighted by Gasteiger charge is -2.13. The minimum Gasteiger partial charge on any atom is -0.482 e. The molecule has 1 heterocycles. The highest BCUT2D eigenvalue weighted by Crippen LogP contribution is 2.26. The van der Waals surface area contributed by atoms with Crippen LogP contribution in [0.5, 0.6) is 5.75 Å². The maximum Gasteiger partial charge on any atom is 0.422 e. The molecule has 1 N–H and O–H groups in total. The second kappa shape index (κ2) is 7.44. The molecule has 0 atom stereocenters. The number of halogens is 3. The standard InChI is InChI=1S/C17H13F3N4O3/c18-17(19,20)10-27-14-8-4-3-7-13(14)21-15(25)9-24-16(26)11-5-1-2-6-12(11)22-23-24/h1-8H,9-10H2,(H,21,25). The summed E-state index contributed by atoms with van der Waals surface area (Å²) in [6.07, 6.45) is -4.51. The number of benzene rings is 2. The summed E-state index contributed by atoms with van der Waals surface area (Å²) >= 11 is 0. The number of aromatic nitrogens is 3. The van der Waals surface area contributed by atoms with E-state index in [2.05, 4.69) is 15.6 Å². The fraction of sp³-hybridized carbons (Fsp3) is 0.176. The van der Waals surface area contributed by atoms with E-state index in [1.54, 1.807) is 24.3 Å². The van der Waals surface area contributed by atoms with Crippen LogP contribution in [0.4, 0.5) is 18.9 Å². The predicted octanol–water partition coefficient (Wildman–Crippen LogP) is 2.37. The SMILES string of the molecule is O=C(Cn1nnc2ccccc2c1=O)Nc1ccccc1OCC(F)(F)F. The van der Waals surface area contributed by atoms with Crippen molar-refractivity contribution in [3.8, 4) is 5.75 Å². The Labute approximate surface area is 150 Å². The molecule has 0 spiro atoms. The van der Waals surface area contributed by atoms with Gasteiger partial charge in [-0.3, -0.25) is 9.59 Å². The van der Waals surface area contributed by atoms with Crippen LogP contribution in [0.15, 0.2) is 53.3 Å². The second-order valence-electron chi connectivity index (χ2n) is 5.52. The number of hydrogen-bond acceptors (Lipinski definition) is 5. The summed E-state index contributed by atoms with van der Waals surface area (Å²) in [5.41, 5.74) is -0.0593. The molecule has 27 heavy (non-hydrogen) atoms. The predicted molar refractivity (Wildman–Crippen MR) is 90.4 cm³/mol. The Morgan fingerprint density at radius 1 is 1.11 bits per heavy atom. The third kappa shape index (κ3) is 4.60. The Morgan fingerprint density at radius 3 is 2.59 bits per heavy atom. The lowest BCUT2D eigenvalue weighted by atomic mass is 10.2. The average molecular weight is 378 g/mol. The second-order valence-corrected chi connectivity index (χ2v) is 5.52. The molecule has 0 aliphatic heterocycles. The molecule has 7 nitrogen and oxygen atoms in total. The molecule has 1 aromatic heterocycles. The number of rotatable bonds is 5. The van der Waals surface area contributed by atoms with Gasteiger partial charge in [0.1, 0.15) is 17.8 Å². The molecule has 0 radical (unpaired) electrons. The molecule has 10 heteroatoms. The Kier molecular flexibility index (Phi) is 5.06. The van der Waals surface area contributed by atoms with Gasteiger partial charge < -0.3 is 10.1 Å². The molecule has 3 rings (SSSR count). The van der Waals surface area contributed by atoms with Gasteiger partial charge in [0.15, 0.2) is 6.61 Å². The molecule has 3 aromatic rings. The highest BCUT2D eigenvalue weighted by molar-refractivity contribution is 5.92. The number of para-hydroxylation sites is 2. The molecule has 0 bridgehead atoms. The van der Waals surface area contributed by atoms with E-state index in [1.807, 2.05) is 0 Å². The van der Waals surface area contributed by atoms with Gasteiger partial charge in [0, 0.05) is 0 Å². The molecule has 1 amide bonds. The van der Waals surface area contributed by atoms with Crippen LogP contribution in [-0.4, -0.2) is 33.7 Å². The molecular formula is C17H13F3N4O3. The molecule has 0 aliphatic carbocycles. The van der Waals surface area contributed by atoms with Gasteiger partial charge in [-0.15, -0.1) is 5.10 Å². The third-order valence-corrected chi connectivity index (χ3v) is 3.48. The number of carbonyl (C=O) groups excluding carboxylic acids is 1. The van der Waals surface area contributed by atoms with Crippen molar-refractivity contribution in [1.82, 2.24) is 15.0 Å². The first-order valence-electron chi connectivity index (χ1n) is 7.74. The van der Waals surface area contributed by atoms with Crippen molar-refractivity contribution in [2.75, 3.05) is 11.9 Å². The number of nitrogens with zero attached hydrogens (tertiary/aromatic N) is 3. The summed E-state index contributed by atoms with van der Waals surface area (Å²) in [6, 6.07) is 12.2. The highest BCUT2D eigenvalue weighted by atomic mass is 19.4. The topological polar surface area (TPSA) is 86.1 Å². The van der Waals surface area contributed by atoms with Crippen molar-refractivity contribution >= 4 is 22.5 Å². The van der Waals surface area contributed by atoms with E-state index in [0.717, 1.165) is 4.68 Å². The van der Waals surface area contributed by atoms with Crippen LogP contribution in [0.2, 0.25) is 0 Å². The monoisotopic (exact) mass is 378 g/mol. The van der Waals surface area contributed by atoms with E-state index in [1.165, 1.54) is 24.3 Å². The van der Waals surface area contributed by atoms with Gasteiger partial charge in [-0.1, -0.05) is 29.5 Å². The maximum absolute atomic E-state index is 12.3. The van der Waals surface area contributed by atoms with Crippen LogP contribution < -0.4 is 15.6 Å². The zero-order valence-corrected chi connectivity index (χ0v) is 13.7. The molecule has 0 unspecified atom stereocenters. The molecule has 0 aliphatic rings. The lowest BCUT2D eigenvalue weighted by molar-refractivity contribution is -0.153. The average Bonchev–Trinajstić information content (AvgIpc) is 2.63. The number of hydrogen-bond donors (Lipinski definition) is 1. The van der Waals surface area contributed by atoms with Crippen LogP contribution >= 0.6 is 0 Å². The molecule has 0 fully saturated rings. The number of alkyl halides is 3. The van der Waals surface area contributed by atoms with Gasteiger partial charge in [0.2, 0.25) is 5.91 Å². The van der Waals surface area contributed by atoms with Gasteiger partial charge in [-0.25, -0.2) is 4.68 Å². The summed E-state index contributed by atoms with van der Waals surface area (Å²) in [6.45, 7) is -1.94. The molecule has 0 saturated heterocycles. The Morgan fingerprint density at radius 2 is 1.81 bits per heavy atom. The van der Waals surface area contributed by atoms with Crippen molar-refractivity contribution in [3.05, 3.63) is 58.9 Å². The normalized spacial score (nSPS) is 11.4. The third-order valence-electron chi connectivity index (χ3n) is 3.48. The maximum atomic E-state index is 12.3. The van der Waals surface area contributed by atoms with E-state index in [-0.39, 0.29) is 11.4 Å². The van der Waals surface area contributed by atoms with Crippen LogP contribution in [0.25, 0.3) is 10.9 Å². The van der Waals surface area contributed by atoms with E-state index in [0.29, 0.717) is 10.9 Å². The minimum atomic E-state index is -4.51. The summed E-state index contributed by atoms with van der Waals surface area (Å²) in [5.74, 6) is -0.801. The molecule has 0 saturated carbocycles. The smallest absolute Gasteiger partial charge is 0.422 e. The van der Waals surface area contributed by atoms with Gasteiger partial charge in [-0.05, 0) is 24.3 Å². The number of anilines is 1. The van der Waals surface area contributed by atoms with Crippen molar-refractivity contribution in [1.29, 1.82) is 0 Å². The van der Waals surface area contributed by atoms with Gasteiger partial charge >= 0.3 is 6.18 Å². The fourth-order valence-corrected chi connectivity index (χ4v) is 2.31.